The van der Waals surface area contributed by atoms with E-state index in [9.17, 15) is 13.2 Å². The van der Waals surface area contributed by atoms with E-state index in [1.807, 2.05) is 27.8 Å². The number of hydrogen-bond donors (Lipinski definition) is 1. The predicted octanol–water partition coefficient (Wildman–Crippen LogP) is 4.24. The largest absolute Gasteiger partial charge is 0.456 e. The van der Waals surface area contributed by atoms with Crippen LogP contribution in [0.3, 0.4) is 0 Å². The van der Waals surface area contributed by atoms with E-state index in [0.717, 1.165) is 0 Å². The number of aromatic nitrogens is 3. The molecule has 0 unspecified atom stereocenters. The fourth-order valence-electron chi connectivity index (χ4n) is 4.52. The van der Waals surface area contributed by atoms with E-state index in [1.54, 1.807) is 53.6 Å². The Bertz CT molecular complexity index is 1690. The Morgan fingerprint density at radius 1 is 1.07 bits per heavy atom. The number of rotatable bonds is 7. The molecule has 1 aliphatic heterocycles. The molecule has 2 aromatic carbocycles. The van der Waals surface area contributed by atoms with Crippen molar-refractivity contribution in [3.8, 4) is 11.5 Å². The third-order valence-electron chi connectivity index (χ3n) is 6.93. The normalized spacial score (nSPS) is 15.2. The molecule has 1 aliphatic rings. The van der Waals surface area contributed by atoms with E-state index in [1.165, 1.54) is 16.4 Å². The number of nitrogens with one attached hydrogen (secondary N) is 1. The highest BCUT2D eigenvalue weighted by Crippen LogP contribution is 2.32. The molecule has 0 radical (unpaired) electrons. The highest BCUT2D eigenvalue weighted by atomic mass is 32.2. The number of likely N-dealkylation sites (N-methyl/N-ethyl adjacent to an activating group) is 1. The van der Waals surface area contributed by atoms with Gasteiger partial charge in [-0.15, -0.1) is 0 Å². The van der Waals surface area contributed by atoms with Crippen LogP contribution in [-0.2, 0) is 26.8 Å². The Labute approximate surface area is 238 Å². The quantitative estimate of drug-likeness (QED) is 0.348. The van der Waals surface area contributed by atoms with Gasteiger partial charge < -0.3 is 15.0 Å². The lowest BCUT2D eigenvalue weighted by Crippen LogP contribution is -2.46. The monoisotopic (exact) mass is 580 g/mol. The SMILES string of the molecule is CN1CCN(S(=O)(=O)c2ccc3nccc(Oc4ccc(CC(=O)Nc5cnn(C(C)(C)C)c5)c(F)c4)c3c2)CC1. The van der Waals surface area contributed by atoms with Crippen LogP contribution in [0.5, 0.6) is 11.5 Å². The molecule has 10 nitrogen and oxygen atoms in total. The molecular formula is C29H33FN6O4S. The number of halogens is 1. The molecule has 5 rings (SSSR count). The van der Waals surface area contributed by atoms with Gasteiger partial charge in [-0.05, 0) is 63.7 Å². The zero-order valence-electron chi connectivity index (χ0n) is 23.5. The smallest absolute Gasteiger partial charge is 0.243 e. The van der Waals surface area contributed by atoms with E-state index in [2.05, 4.69) is 20.3 Å². The minimum atomic E-state index is -3.70. The number of anilines is 1. The number of benzene rings is 2. The van der Waals surface area contributed by atoms with Gasteiger partial charge in [-0.3, -0.25) is 14.5 Å². The van der Waals surface area contributed by atoms with Gasteiger partial charge in [-0.2, -0.15) is 9.40 Å². The standard InChI is InChI=1S/C29H33FN6O4S/c1-29(2,3)36-19-21(18-32-36)33-28(37)15-20-5-6-22(16-25(20)30)40-27-9-10-31-26-8-7-23(17-24(26)27)41(38,39)35-13-11-34(4)12-14-35/h5-10,16-19H,11-15H2,1-4H3,(H,33,37). The Morgan fingerprint density at radius 3 is 2.51 bits per heavy atom. The van der Waals surface area contributed by atoms with Gasteiger partial charge >= 0.3 is 0 Å². The first-order valence-corrected chi connectivity index (χ1v) is 14.7. The van der Waals surface area contributed by atoms with Crippen molar-refractivity contribution in [1.82, 2.24) is 24.0 Å². The van der Waals surface area contributed by atoms with Crippen LogP contribution >= 0.6 is 0 Å². The second-order valence-electron chi connectivity index (χ2n) is 11.1. The summed E-state index contributed by atoms with van der Waals surface area (Å²) in [5.41, 5.74) is 1.05. The topological polar surface area (TPSA) is 110 Å². The van der Waals surface area contributed by atoms with Gasteiger partial charge in [0.25, 0.3) is 0 Å². The molecule has 0 atom stereocenters. The third kappa shape index (κ3) is 6.39. The molecule has 216 valence electrons. The molecule has 0 aliphatic carbocycles. The molecule has 4 aromatic rings. The molecule has 3 heterocycles. The molecule has 41 heavy (non-hydrogen) atoms. The van der Waals surface area contributed by atoms with Gasteiger partial charge in [0, 0.05) is 50.0 Å². The van der Waals surface area contributed by atoms with Crippen molar-refractivity contribution in [3.63, 3.8) is 0 Å². The highest BCUT2D eigenvalue weighted by molar-refractivity contribution is 7.89. The van der Waals surface area contributed by atoms with Gasteiger partial charge in [-0.25, -0.2) is 12.8 Å². The Hall–Kier alpha value is -3.87. The van der Waals surface area contributed by atoms with Crippen LogP contribution in [0.2, 0.25) is 0 Å². The number of piperazine rings is 1. The first-order chi connectivity index (χ1) is 19.4. The molecule has 0 bridgehead atoms. The van der Waals surface area contributed by atoms with Crippen molar-refractivity contribution < 1.29 is 22.3 Å². The number of sulfonamides is 1. The lowest BCUT2D eigenvalue weighted by atomic mass is 10.1. The molecule has 1 fully saturated rings. The lowest BCUT2D eigenvalue weighted by Gasteiger charge is -2.31. The minimum Gasteiger partial charge on any atom is -0.456 e. The molecule has 1 amide bonds. The van der Waals surface area contributed by atoms with Crippen LogP contribution in [0, 0.1) is 5.82 Å². The number of nitrogens with zero attached hydrogens (tertiary/aromatic N) is 5. The van der Waals surface area contributed by atoms with Crippen LogP contribution in [0.15, 0.2) is 66.0 Å². The van der Waals surface area contributed by atoms with Crippen LogP contribution in [0.4, 0.5) is 10.1 Å². The maximum Gasteiger partial charge on any atom is 0.243 e. The van der Waals surface area contributed by atoms with Crippen molar-refractivity contribution >= 4 is 32.5 Å². The van der Waals surface area contributed by atoms with Crippen molar-refractivity contribution in [2.45, 2.75) is 37.6 Å². The molecule has 0 spiro atoms. The van der Waals surface area contributed by atoms with Crippen molar-refractivity contribution in [2.24, 2.45) is 0 Å². The summed E-state index contributed by atoms with van der Waals surface area (Å²) >= 11 is 0. The first kappa shape index (κ1) is 28.7. The van der Waals surface area contributed by atoms with Crippen molar-refractivity contribution in [3.05, 3.63) is 72.4 Å². The minimum absolute atomic E-state index is 0.146. The number of amides is 1. The molecule has 12 heteroatoms. The Balaban J connectivity index is 1.32. The first-order valence-electron chi connectivity index (χ1n) is 13.3. The van der Waals surface area contributed by atoms with E-state index in [4.69, 9.17) is 4.74 Å². The summed E-state index contributed by atoms with van der Waals surface area (Å²) in [7, 11) is -1.74. The number of pyridine rings is 1. The zero-order chi connectivity index (χ0) is 29.4. The van der Waals surface area contributed by atoms with E-state index >= 15 is 4.39 Å². The number of carbonyl (C=O) groups is 1. The summed E-state index contributed by atoms with van der Waals surface area (Å²) in [5, 5.41) is 7.49. The molecule has 1 saturated heterocycles. The summed E-state index contributed by atoms with van der Waals surface area (Å²) in [5.74, 6) is -0.427. The predicted molar refractivity (Wildman–Crippen MR) is 154 cm³/mol. The highest BCUT2D eigenvalue weighted by Gasteiger charge is 2.28. The molecule has 2 aromatic heterocycles. The molecule has 1 N–H and O–H groups in total. The van der Waals surface area contributed by atoms with Gasteiger partial charge in [0.2, 0.25) is 15.9 Å². The second kappa shape index (κ2) is 11.2. The average Bonchev–Trinajstić information content (AvgIpc) is 3.39. The fraction of sp³-hybridized carbons (Fsp3) is 0.345. The number of fused-ring (bicyclic) bond motifs is 1. The Morgan fingerprint density at radius 2 is 1.83 bits per heavy atom. The van der Waals surface area contributed by atoms with E-state index < -0.39 is 15.8 Å². The van der Waals surface area contributed by atoms with E-state index in [0.29, 0.717) is 48.5 Å². The third-order valence-corrected chi connectivity index (χ3v) is 8.82. The molecular weight excluding hydrogens is 547 g/mol. The van der Waals surface area contributed by atoms with Crippen LogP contribution in [0.1, 0.15) is 26.3 Å². The van der Waals surface area contributed by atoms with Gasteiger partial charge in [0.1, 0.15) is 17.3 Å². The molecule has 0 saturated carbocycles. The zero-order valence-corrected chi connectivity index (χ0v) is 24.3. The van der Waals surface area contributed by atoms with Crippen molar-refractivity contribution in [1.29, 1.82) is 0 Å². The van der Waals surface area contributed by atoms with Crippen molar-refractivity contribution in [2.75, 3.05) is 38.5 Å². The summed E-state index contributed by atoms with van der Waals surface area (Å²) in [6.45, 7) is 8.13. The summed E-state index contributed by atoms with van der Waals surface area (Å²) in [6.07, 6.45) is 4.66. The summed E-state index contributed by atoms with van der Waals surface area (Å²) in [4.78, 5) is 19.1. The fourth-order valence-corrected chi connectivity index (χ4v) is 5.97. The van der Waals surface area contributed by atoms with E-state index in [-0.39, 0.29) is 34.1 Å². The Kier molecular flexibility index (Phi) is 7.82. The van der Waals surface area contributed by atoms with Crippen LogP contribution in [-0.4, -0.2) is 71.5 Å². The number of hydrogen-bond acceptors (Lipinski definition) is 7. The van der Waals surface area contributed by atoms with Crippen LogP contribution in [0.25, 0.3) is 10.9 Å². The number of ether oxygens (including phenoxy) is 1. The van der Waals surface area contributed by atoms with Gasteiger partial charge in [-0.1, -0.05) is 6.07 Å². The average molecular weight is 581 g/mol. The second-order valence-corrected chi connectivity index (χ2v) is 13.1. The maximum atomic E-state index is 15.0. The van der Waals surface area contributed by atoms with Gasteiger partial charge in [0.15, 0.2) is 0 Å². The summed E-state index contributed by atoms with van der Waals surface area (Å²) in [6, 6.07) is 10.6. The van der Waals surface area contributed by atoms with Crippen LogP contribution < -0.4 is 10.1 Å². The number of carbonyl (C=O) groups excluding carboxylic acids is 1. The lowest BCUT2D eigenvalue weighted by molar-refractivity contribution is -0.115. The summed E-state index contributed by atoms with van der Waals surface area (Å²) < 4.78 is 50.8. The maximum absolute atomic E-state index is 15.0. The van der Waals surface area contributed by atoms with Gasteiger partial charge in [0.05, 0.1) is 34.3 Å².